The zero-order chi connectivity index (χ0) is 23.4. The van der Waals surface area contributed by atoms with E-state index < -0.39 is 11.6 Å². The Bertz CT molecular complexity index is 1370. The first-order valence-corrected chi connectivity index (χ1v) is 10.3. The first-order chi connectivity index (χ1) is 16.0. The van der Waals surface area contributed by atoms with E-state index in [0.717, 1.165) is 24.1 Å². The lowest BCUT2D eigenvalue weighted by atomic mass is 10.1. The number of hydrogen-bond donors (Lipinski definition) is 0. The number of fused-ring (bicyclic) bond motifs is 1. The molecular formula is C25H20F2N4O2. The van der Waals surface area contributed by atoms with Crippen LogP contribution in [0.15, 0.2) is 48.7 Å². The van der Waals surface area contributed by atoms with E-state index in [4.69, 9.17) is 14.7 Å². The lowest BCUT2D eigenvalue weighted by Gasteiger charge is -2.12. The van der Waals surface area contributed by atoms with Crippen LogP contribution in [0.4, 0.5) is 8.78 Å². The molecule has 0 N–H and O–H groups in total. The van der Waals surface area contributed by atoms with Crippen LogP contribution in [0, 0.1) is 23.0 Å². The van der Waals surface area contributed by atoms with Crippen LogP contribution in [-0.4, -0.2) is 28.3 Å². The summed E-state index contributed by atoms with van der Waals surface area (Å²) in [6, 6.07) is 12.9. The van der Waals surface area contributed by atoms with Gasteiger partial charge in [0.15, 0.2) is 23.1 Å². The number of imidazole rings is 1. The second-order valence-electron chi connectivity index (χ2n) is 7.14. The van der Waals surface area contributed by atoms with Crippen LogP contribution in [0.25, 0.3) is 29.0 Å². The molecule has 2 aromatic carbocycles. The highest BCUT2D eigenvalue weighted by Crippen LogP contribution is 2.33. The molecule has 0 aliphatic rings. The molecule has 0 unspecified atom stereocenters. The highest BCUT2D eigenvalue weighted by molar-refractivity contribution is 5.82. The minimum absolute atomic E-state index is 0.271. The summed E-state index contributed by atoms with van der Waals surface area (Å²) < 4.78 is 40.8. The Morgan fingerprint density at radius 2 is 1.94 bits per heavy atom. The second-order valence-corrected chi connectivity index (χ2v) is 7.14. The molecule has 0 aliphatic carbocycles. The van der Waals surface area contributed by atoms with Gasteiger partial charge >= 0.3 is 0 Å². The molecule has 0 bridgehead atoms. The zero-order valence-corrected chi connectivity index (χ0v) is 18.0. The molecule has 33 heavy (non-hydrogen) atoms. The molecule has 0 saturated heterocycles. The Hall–Kier alpha value is -4.25. The third kappa shape index (κ3) is 4.39. The third-order valence-electron chi connectivity index (χ3n) is 4.92. The number of pyridine rings is 1. The van der Waals surface area contributed by atoms with Gasteiger partial charge in [0.2, 0.25) is 0 Å². The predicted octanol–water partition coefficient (Wildman–Crippen LogP) is 5.54. The summed E-state index contributed by atoms with van der Waals surface area (Å²) in [7, 11) is 1.57. The molecule has 8 heteroatoms. The smallest absolute Gasteiger partial charge is 0.168 e. The van der Waals surface area contributed by atoms with Crippen molar-refractivity contribution in [2.24, 2.45) is 0 Å². The molecule has 6 nitrogen and oxygen atoms in total. The number of aromatic nitrogens is 3. The molecule has 0 aliphatic heterocycles. The number of halogens is 2. The van der Waals surface area contributed by atoms with Crippen LogP contribution in [0.1, 0.15) is 30.3 Å². The molecule has 0 spiro atoms. The molecule has 4 aromatic rings. The Kier molecular flexibility index (Phi) is 6.31. The Labute approximate surface area is 189 Å². The fourth-order valence-corrected chi connectivity index (χ4v) is 3.38. The van der Waals surface area contributed by atoms with Crippen LogP contribution in [0.2, 0.25) is 0 Å². The van der Waals surface area contributed by atoms with E-state index in [1.807, 2.05) is 31.2 Å². The molecule has 0 atom stereocenters. The van der Waals surface area contributed by atoms with E-state index in [2.05, 4.69) is 9.97 Å². The normalized spacial score (nSPS) is 11.1. The highest BCUT2D eigenvalue weighted by Gasteiger charge is 2.16. The van der Waals surface area contributed by atoms with Crippen molar-refractivity contribution in [3.63, 3.8) is 0 Å². The van der Waals surface area contributed by atoms with Crippen molar-refractivity contribution in [1.29, 1.82) is 5.26 Å². The number of rotatable bonds is 7. The number of hydrogen-bond acceptors (Lipinski definition) is 5. The molecule has 0 amide bonds. The number of ether oxygens (including phenoxy) is 2. The molecule has 0 saturated carbocycles. The monoisotopic (exact) mass is 446 g/mol. The number of para-hydroxylation sites is 1. The minimum Gasteiger partial charge on any atom is -0.493 e. The van der Waals surface area contributed by atoms with Crippen LogP contribution in [0.3, 0.4) is 0 Å². The maximum absolute atomic E-state index is 14.0. The number of benzene rings is 2. The van der Waals surface area contributed by atoms with Gasteiger partial charge in [-0.3, -0.25) is 4.57 Å². The van der Waals surface area contributed by atoms with Gasteiger partial charge in [-0.2, -0.15) is 5.26 Å². The number of nitrogens with zero attached hydrogens (tertiary/aromatic N) is 4. The summed E-state index contributed by atoms with van der Waals surface area (Å²) in [6.07, 6.45) is 5.75. The van der Waals surface area contributed by atoms with Gasteiger partial charge in [0.1, 0.15) is 17.7 Å². The van der Waals surface area contributed by atoms with Crippen molar-refractivity contribution in [2.45, 2.75) is 13.3 Å². The molecule has 4 rings (SSSR count). The number of nitriles is 1. The predicted molar refractivity (Wildman–Crippen MR) is 121 cm³/mol. The summed E-state index contributed by atoms with van der Waals surface area (Å²) in [4.78, 5) is 8.78. The van der Waals surface area contributed by atoms with E-state index in [9.17, 15) is 8.78 Å². The standard InChI is InChI=1S/C25H20F2N4O2/c1-3-11-33-25-17(5-4-6-22(25)32-2)8-10-24-30-20-12-18(26)19(27)13-21(20)31(24)23-9-7-16(14-28)15-29-23/h4-10,12-13,15H,3,11H2,1-2H3/b10-8+. The van der Waals surface area contributed by atoms with E-state index in [0.29, 0.717) is 40.8 Å². The van der Waals surface area contributed by atoms with Gasteiger partial charge in [0.05, 0.1) is 30.3 Å². The van der Waals surface area contributed by atoms with Crippen molar-refractivity contribution in [2.75, 3.05) is 13.7 Å². The van der Waals surface area contributed by atoms with Gasteiger partial charge in [-0.15, -0.1) is 0 Å². The number of methoxy groups -OCH3 is 1. The lowest BCUT2D eigenvalue weighted by molar-refractivity contribution is 0.293. The van der Waals surface area contributed by atoms with Crippen LogP contribution < -0.4 is 9.47 Å². The van der Waals surface area contributed by atoms with Gasteiger partial charge in [-0.25, -0.2) is 18.7 Å². The third-order valence-corrected chi connectivity index (χ3v) is 4.92. The molecule has 2 heterocycles. The van der Waals surface area contributed by atoms with Crippen LogP contribution >= 0.6 is 0 Å². The van der Waals surface area contributed by atoms with Gasteiger partial charge in [-0.05, 0) is 36.8 Å². The van der Waals surface area contributed by atoms with Crippen LogP contribution in [0.5, 0.6) is 11.5 Å². The van der Waals surface area contributed by atoms with Gasteiger partial charge in [-0.1, -0.05) is 19.1 Å². The van der Waals surface area contributed by atoms with Crippen molar-refractivity contribution < 1.29 is 18.3 Å². The van der Waals surface area contributed by atoms with E-state index in [1.54, 1.807) is 36.0 Å². The Morgan fingerprint density at radius 3 is 2.64 bits per heavy atom. The molecule has 166 valence electrons. The first kappa shape index (κ1) is 22.0. The van der Waals surface area contributed by atoms with Gasteiger partial charge in [0.25, 0.3) is 0 Å². The molecule has 0 radical (unpaired) electrons. The summed E-state index contributed by atoms with van der Waals surface area (Å²) >= 11 is 0. The summed E-state index contributed by atoms with van der Waals surface area (Å²) in [5, 5.41) is 9.06. The Balaban J connectivity index is 1.86. The fourth-order valence-electron chi connectivity index (χ4n) is 3.38. The topological polar surface area (TPSA) is 73.0 Å². The zero-order valence-electron chi connectivity index (χ0n) is 18.0. The minimum atomic E-state index is -0.990. The maximum Gasteiger partial charge on any atom is 0.168 e. The van der Waals surface area contributed by atoms with E-state index >= 15 is 0 Å². The van der Waals surface area contributed by atoms with Gasteiger partial charge < -0.3 is 9.47 Å². The van der Waals surface area contributed by atoms with Crippen molar-refractivity contribution >= 4 is 23.2 Å². The van der Waals surface area contributed by atoms with Crippen molar-refractivity contribution in [1.82, 2.24) is 14.5 Å². The second kappa shape index (κ2) is 9.49. The van der Waals surface area contributed by atoms with Gasteiger partial charge in [0, 0.05) is 23.9 Å². The van der Waals surface area contributed by atoms with Crippen molar-refractivity contribution in [3.8, 4) is 23.4 Å². The molecule has 2 aromatic heterocycles. The Morgan fingerprint density at radius 1 is 1.12 bits per heavy atom. The highest BCUT2D eigenvalue weighted by atomic mass is 19.2. The molecular weight excluding hydrogens is 426 g/mol. The fraction of sp³-hybridized carbons (Fsp3) is 0.160. The SMILES string of the molecule is CCCOc1c(/C=C/c2nc3cc(F)c(F)cc3n2-c2ccc(C#N)cn2)cccc1OC. The average molecular weight is 446 g/mol. The van der Waals surface area contributed by atoms with E-state index in [-0.39, 0.29) is 5.52 Å². The summed E-state index contributed by atoms with van der Waals surface area (Å²) in [5.41, 5.74) is 1.75. The van der Waals surface area contributed by atoms with E-state index in [1.165, 1.54) is 6.20 Å². The average Bonchev–Trinajstić information content (AvgIpc) is 3.18. The molecule has 0 fully saturated rings. The van der Waals surface area contributed by atoms with Crippen LogP contribution in [-0.2, 0) is 0 Å². The van der Waals surface area contributed by atoms with Crippen molar-refractivity contribution in [3.05, 3.63) is 77.2 Å². The first-order valence-electron chi connectivity index (χ1n) is 10.3. The summed E-state index contributed by atoms with van der Waals surface area (Å²) in [5.74, 6) is 0.0208. The lowest BCUT2D eigenvalue weighted by Crippen LogP contribution is -2.01. The largest absolute Gasteiger partial charge is 0.493 e. The quantitative estimate of drug-likeness (QED) is 0.373. The maximum atomic E-state index is 14.0. The summed E-state index contributed by atoms with van der Waals surface area (Å²) in [6.45, 7) is 2.53.